The summed E-state index contributed by atoms with van der Waals surface area (Å²) in [6.07, 6.45) is 0. The van der Waals surface area contributed by atoms with Gasteiger partial charge in [0.25, 0.3) is 23.6 Å². The Balaban J connectivity index is 1.56. The van der Waals surface area contributed by atoms with Crippen LogP contribution >= 0.6 is 0 Å². The molecule has 0 aliphatic carbocycles. The second kappa shape index (κ2) is 8.51. The third-order valence-corrected chi connectivity index (χ3v) is 8.27. The molecule has 2 aliphatic heterocycles. The lowest BCUT2D eigenvalue weighted by atomic mass is 9.82. The van der Waals surface area contributed by atoms with Crippen molar-refractivity contribution in [1.82, 2.24) is 9.80 Å². The quantitative estimate of drug-likeness (QED) is 0.144. The van der Waals surface area contributed by atoms with Gasteiger partial charge in [0.2, 0.25) is 0 Å². The first-order valence-corrected chi connectivity index (χ1v) is 12.8. The minimum absolute atomic E-state index is 0.274. The van der Waals surface area contributed by atoms with Gasteiger partial charge in [0, 0.05) is 33.0 Å². The number of hydrogen-bond donors (Lipinski definition) is 4. The summed E-state index contributed by atoms with van der Waals surface area (Å²) in [6, 6.07) is 11.4. The molecule has 0 spiro atoms. The standard InChI is InChI=1S/C30H22N2O8/c33-9-13(10-34)31-27(37)19-5-1-15-16-2-6-21-26-22(30(40)32(29(21)39)14(11-35)12-36)8-4-18(24(16)26)17-3-7-20(28(31)38)25(19)23(15)17/h1-8,13-14,33-36H,9-12H2. The number of carbonyl (C=O) groups is 4. The molecule has 0 unspecified atom stereocenters. The van der Waals surface area contributed by atoms with Crippen molar-refractivity contribution in [3.05, 3.63) is 70.8 Å². The van der Waals surface area contributed by atoms with Crippen molar-refractivity contribution in [1.29, 1.82) is 0 Å². The van der Waals surface area contributed by atoms with Crippen molar-refractivity contribution in [3.63, 3.8) is 0 Å². The molecule has 0 saturated carbocycles. The molecule has 7 rings (SSSR count). The summed E-state index contributed by atoms with van der Waals surface area (Å²) < 4.78 is 0. The number of fused-ring (bicyclic) bond motifs is 2. The number of imide groups is 2. The van der Waals surface area contributed by atoms with E-state index in [1.54, 1.807) is 48.5 Å². The van der Waals surface area contributed by atoms with Crippen molar-refractivity contribution in [2.75, 3.05) is 26.4 Å². The van der Waals surface area contributed by atoms with Gasteiger partial charge in [-0.25, -0.2) is 0 Å². The van der Waals surface area contributed by atoms with Crippen molar-refractivity contribution >= 4 is 66.7 Å². The van der Waals surface area contributed by atoms with Crippen LogP contribution in [0.4, 0.5) is 0 Å². The van der Waals surface area contributed by atoms with Gasteiger partial charge >= 0.3 is 0 Å². The Morgan fingerprint density at radius 2 is 0.675 bits per heavy atom. The van der Waals surface area contributed by atoms with Crippen molar-refractivity contribution in [3.8, 4) is 0 Å². The minimum atomic E-state index is -1.07. The third kappa shape index (κ3) is 2.85. The Labute approximate surface area is 225 Å². The van der Waals surface area contributed by atoms with E-state index in [1.807, 2.05) is 0 Å². The summed E-state index contributed by atoms with van der Waals surface area (Å²) in [6.45, 7) is -2.30. The maximum Gasteiger partial charge on any atom is 0.261 e. The molecule has 5 aromatic rings. The Bertz CT molecular complexity index is 1700. The summed E-state index contributed by atoms with van der Waals surface area (Å²) in [5.74, 6) is -2.43. The molecule has 40 heavy (non-hydrogen) atoms. The summed E-state index contributed by atoms with van der Waals surface area (Å²) in [4.78, 5) is 55.6. The second-order valence-corrected chi connectivity index (χ2v) is 10.1. The number of nitrogens with zero attached hydrogens (tertiary/aromatic N) is 2. The molecule has 10 heteroatoms. The van der Waals surface area contributed by atoms with Crippen LogP contribution in [0.25, 0.3) is 43.1 Å². The molecule has 4 N–H and O–H groups in total. The first-order valence-electron chi connectivity index (χ1n) is 12.8. The molecule has 0 bridgehead atoms. The van der Waals surface area contributed by atoms with Gasteiger partial charge < -0.3 is 20.4 Å². The van der Waals surface area contributed by atoms with Gasteiger partial charge in [0.15, 0.2) is 0 Å². The largest absolute Gasteiger partial charge is 0.394 e. The van der Waals surface area contributed by atoms with E-state index < -0.39 is 62.1 Å². The highest BCUT2D eigenvalue weighted by atomic mass is 16.3. The fourth-order valence-corrected chi connectivity index (χ4v) is 6.41. The fourth-order valence-electron chi connectivity index (χ4n) is 6.41. The highest BCUT2D eigenvalue weighted by Crippen LogP contribution is 2.46. The maximum atomic E-state index is 13.4. The summed E-state index contributed by atoms with van der Waals surface area (Å²) in [5, 5.41) is 44.0. The molecule has 10 nitrogen and oxygen atoms in total. The first-order chi connectivity index (χ1) is 19.4. The molecule has 0 atom stereocenters. The highest BCUT2D eigenvalue weighted by Gasteiger charge is 2.40. The Morgan fingerprint density at radius 3 is 0.900 bits per heavy atom. The van der Waals surface area contributed by atoms with Gasteiger partial charge in [-0.15, -0.1) is 0 Å². The van der Waals surface area contributed by atoms with E-state index in [-0.39, 0.29) is 22.3 Å². The Hall–Kier alpha value is -4.48. The summed E-state index contributed by atoms with van der Waals surface area (Å²) in [5.41, 5.74) is 1.10. The van der Waals surface area contributed by atoms with Crippen LogP contribution in [0.15, 0.2) is 48.5 Å². The molecule has 0 saturated heterocycles. The van der Waals surface area contributed by atoms with E-state index in [0.717, 1.165) is 31.3 Å². The number of rotatable bonds is 6. The topological polar surface area (TPSA) is 156 Å². The zero-order chi connectivity index (χ0) is 28.0. The molecule has 2 aliphatic rings. The van der Waals surface area contributed by atoms with Crippen LogP contribution in [0.5, 0.6) is 0 Å². The average molecular weight is 539 g/mol. The number of hydrogen-bond acceptors (Lipinski definition) is 8. The molecule has 0 radical (unpaired) electrons. The SMILES string of the molecule is O=C1c2ccc3c4ccc5c6c(ccc(c7ccc(c2c37)C(=O)N1C(CO)CO)c64)C(=O)N(C(CO)CO)C5=O. The van der Waals surface area contributed by atoms with Gasteiger partial charge in [-0.1, -0.05) is 24.3 Å². The summed E-state index contributed by atoms with van der Waals surface area (Å²) >= 11 is 0. The van der Waals surface area contributed by atoms with E-state index in [9.17, 15) is 39.6 Å². The van der Waals surface area contributed by atoms with E-state index in [1.165, 1.54) is 0 Å². The third-order valence-electron chi connectivity index (χ3n) is 8.27. The molecule has 2 heterocycles. The molecular weight excluding hydrogens is 516 g/mol. The van der Waals surface area contributed by atoms with Crippen molar-refractivity contribution in [2.24, 2.45) is 0 Å². The lowest BCUT2D eigenvalue weighted by Gasteiger charge is -2.33. The predicted octanol–water partition coefficient (Wildman–Crippen LogP) is 1.64. The smallest absolute Gasteiger partial charge is 0.261 e. The van der Waals surface area contributed by atoms with E-state index in [0.29, 0.717) is 21.5 Å². The zero-order valence-corrected chi connectivity index (χ0v) is 20.9. The molecule has 4 amide bonds. The van der Waals surface area contributed by atoms with Crippen LogP contribution in [0.3, 0.4) is 0 Å². The molecule has 200 valence electrons. The van der Waals surface area contributed by atoms with E-state index >= 15 is 0 Å². The van der Waals surface area contributed by atoms with E-state index in [2.05, 4.69) is 0 Å². The predicted molar refractivity (Wildman–Crippen MR) is 145 cm³/mol. The van der Waals surface area contributed by atoms with Gasteiger partial charge in [-0.05, 0) is 56.6 Å². The van der Waals surface area contributed by atoms with Crippen LogP contribution in [-0.2, 0) is 0 Å². The van der Waals surface area contributed by atoms with Gasteiger partial charge in [-0.3, -0.25) is 29.0 Å². The van der Waals surface area contributed by atoms with Gasteiger partial charge in [0.1, 0.15) is 0 Å². The van der Waals surface area contributed by atoms with E-state index in [4.69, 9.17) is 0 Å². The number of amides is 4. The fraction of sp³-hybridized carbons (Fsp3) is 0.200. The summed E-state index contributed by atoms with van der Waals surface area (Å²) in [7, 11) is 0. The molecule has 5 aromatic carbocycles. The van der Waals surface area contributed by atoms with Crippen LogP contribution in [0, 0.1) is 0 Å². The monoisotopic (exact) mass is 538 g/mol. The van der Waals surface area contributed by atoms with Crippen molar-refractivity contribution in [2.45, 2.75) is 12.1 Å². The van der Waals surface area contributed by atoms with Crippen LogP contribution in [0.1, 0.15) is 41.4 Å². The number of aliphatic hydroxyl groups excluding tert-OH is 4. The lowest BCUT2D eigenvalue weighted by Crippen LogP contribution is -2.50. The molecule has 0 aromatic heterocycles. The normalized spacial score (nSPS) is 15.4. The van der Waals surface area contributed by atoms with Gasteiger partial charge in [-0.2, -0.15) is 0 Å². The van der Waals surface area contributed by atoms with Crippen LogP contribution in [0.2, 0.25) is 0 Å². The second-order valence-electron chi connectivity index (χ2n) is 10.1. The Kier molecular flexibility index (Phi) is 5.22. The average Bonchev–Trinajstić information content (AvgIpc) is 2.98. The van der Waals surface area contributed by atoms with Gasteiger partial charge in [0.05, 0.1) is 38.5 Å². The first kappa shape index (κ1) is 24.6. The zero-order valence-electron chi connectivity index (χ0n) is 20.9. The number of benzene rings is 5. The number of aliphatic hydroxyl groups is 4. The van der Waals surface area contributed by atoms with Crippen LogP contribution in [-0.4, -0.2) is 92.4 Å². The molecular formula is C30H22N2O8. The highest BCUT2D eigenvalue weighted by molar-refractivity contribution is 6.41. The lowest BCUT2D eigenvalue weighted by molar-refractivity contribution is 0.0367. The van der Waals surface area contributed by atoms with Crippen LogP contribution < -0.4 is 0 Å². The van der Waals surface area contributed by atoms with Crippen molar-refractivity contribution < 1.29 is 39.6 Å². The minimum Gasteiger partial charge on any atom is -0.394 e. The molecule has 0 fully saturated rings. The Morgan fingerprint density at radius 1 is 0.425 bits per heavy atom. The number of carbonyl (C=O) groups excluding carboxylic acids is 4. The maximum absolute atomic E-state index is 13.4.